The second kappa shape index (κ2) is 6.34. The van der Waals surface area contributed by atoms with Gasteiger partial charge in [0.05, 0.1) is 11.6 Å². The molecule has 0 aliphatic rings. The number of nitrogens with one attached hydrogen (secondary N) is 1. The molecule has 0 aliphatic carbocycles. The molecule has 0 saturated heterocycles. The van der Waals surface area contributed by atoms with Crippen LogP contribution in [-0.2, 0) is 0 Å². The van der Waals surface area contributed by atoms with E-state index in [1.54, 1.807) is 18.3 Å². The van der Waals surface area contributed by atoms with Crippen LogP contribution in [0.3, 0.4) is 0 Å². The molecule has 1 unspecified atom stereocenters. The molecule has 0 aliphatic heterocycles. The van der Waals surface area contributed by atoms with Crippen molar-refractivity contribution in [2.75, 3.05) is 0 Å². The van der Waals surface area contributed by atoms with E-state index in [0.717, 1.165) is 12.0 Å². The SMILES string of the molecule is CCC(NC(=O)c1cccnc1Cl)c1ccccc1. The number of carbonyl (C=O) groups is 1. The third-order valence-electron chi connectivity index (χ3n) is 2.92. The smallest absolute Gasteiger partial charge is 0.254 e. The number of amides is 1. The predicted molar refractivity (Wildman–Crippen MR) is 76.2 cm³/mol. The Labute approximate surface area is 117 Å². The Kier molecular flexibility index (Phi) is 4.53. The molecule has 2 aromatic rings. The van der Waals surface area contributed by atoms with E-state index < -0.39 is 0 Å². The van der Waals surface area contributed by atoms with Crippen LogP contribution in [-0.4, -0.2) is 10.9 Å². The summed E-state index contributed by atoms with van der Waals surface area (Å²) in [5.74, 6) is -0.200. The Morgan fingerprint density at radius 1 is 1.26 bits per heavy atom. The molecule has 2 rings (SSSR count). The molecule has 1 amide bonds. The number of hydrogen-bond acceptors (Lipinski definition) is 2. The fraction of sp³-hybridized carbons (Fsp3) is 0.200. The molecule has 0 spiro atoms. The molecule has 1 aromatic carbocycles. The number of carbonyl (C=O) groups excluding carboxylic acids is 1. The summed E-state index contributed by atoms with van der Waals surface area (Å²) < 4.78 is 0. The van der Waals surface area contributed by atoms with E-state index in [1.165, 1.54) is 0 Å². The Balaban J connectivity index is 2.16. The molecular weight excluding hydrogens is 260 g/mol. The summed E-state index contributed by atoms with van der Waals surface area (Å²) in [6.07, 6.45) is 2.38. The van der Waals surface area contributed by atoms with Gasteiger partial charge in [0.15, 0.2) is 0 Å². The third kappa shape index (κ3) is 3.32. The number of pyridine rings is 1. The zero-order chi connectivity index (χ0) is 13.7. The minimum atomic E-state index is -0.200. The Morgan fingerprint density at radius 3 is 2.63 bits per heavy atom. The second-order valence-electron chi connectivity index (χ2n) is 4.19. The van der Waals surface area contributed by atoms with Gasteiger partial charge in [0.2, 0.25) is 0 Å². The van der Waals surface area contributed by atoms with Crippen LogP contribution in [0.25, 0.3) is 0 Å². The zero-order valence-electron chi connectivity index (χ0n) is 10.6. The van der Waals surface area contributed by atoms with Crippen LogP contribution in [0.15, 0.2) is 48.7 Å². The van der Waals surface area contributed by atoms with E-state index in [9.17, 15) is 4.79 Å². The molecule has 98 valence electrons. The first-order valence-electron chi connectivity index (χ1n) is 6.18. The van der Waals surface area contributed by atoms with Crippen molar-refractivity contribution < 1.29 is 4.79 Å². The Hall–Kier alpha value is -1.87. The minimum absolute atomic E-state index is 0.0232. The van der Waals surface area contributed by atoms with Crippen LogP contribution in [0, 0.1) is 0 Å². The number of rotatable bonds is 4. The van der Waals surface area contributed by atoms with Crippen molar-refractivity contribution in [1.29, 1.82) is 0 Å². The van der Waals surface area contributed by atoms with Crippen molar-refractivity contribution in [3.63, 3.8) is 0 Å². The van der Waals surface area contributed by atoms with E-state index in [4.69, 9.17) is 11.6 Å². The summed E-state index contributed by atoms with van der Waals surface area (Å²) in [5, 5.41) is 3.20. The summed E-state index contributed by atoms with van der Waals surface area (Å²) >= 11 is 5.92. The molecule has 0 bridgehead atoms. The molecule has 3 nitrogen and oxygen atoms in total. The normalized spacial score (nSPS) is 11.9. The molecule has 1 aromatic heterocycles. The number of benzene rings is 1. The highest BCUT2D eigenvalue weighted by Crippen LogP contribution is 2.18. The van der Waals surface area contributed by atoms with Crippen molar-refractivity contribution in [3.8, 4) is 0 Å². The van der Waals surface area contributed by atoms with Gasteiger partial charge in [-0.05, 0) is 24.1 Å². The maximum Gasteiger partial charge on any atom is 0.254 e. The number of aromatic nitrogens is 1. The van der Waals surface area contributed by atoms with Crippen molar-refractivity contribution in [3.05, 3.63) is 64.9 Å². The monoisotopic (exact) mass is 274 g/mol. The average Bonchev–Trinajstić information content (AvgIpc) is 2.46. The van der Waals surface area contributed by atoms with Gasteiger partial charge in [0.1, 0.15) is 5.15 Å². The lowest BCUT2D eigenvalue weighted by atomic mass is 10.0. The van der Waals surface area contributed by atoms with Gasteiger partial charge in [-0.25, -0.2) is 4.98 Å². The summed E-state index contributed by atoms with van der Waals surface area (Å²) in [7, 11) is 0. The van der Waals surface area contributed by atoms with Gasteiger partial charge >= 0.3 is 0 Å². The van der Waals surface area contributed by atoms with Crippen molar-refractivity contribution in [2.24, 2.45) is 0 Å². The predicted octanol–water partition coefficient (Wildman–Crippen LogP) is 3.62. The van der Waals surface area contributed by atoms with Crippen LogP contribution in [0.2, 0.25) is 5.15 Å². The minimum Gasteiger partial charge on any atom is -0.345 e. The van der Waals surface area contributed by atoms with Crippen molar-refractivity contribution >= 4 is 17.5 Å². The van der Waals surface area contributed by atoms with Crippen LogP contribution in [0.1, 0.15) is 35.3 Å². The first-order chi connectivity index (χ1) is 9.22. The van der Waals surface area contributed by atoms with Crippen molar-refractivity contribution in [2.45, 2.75) is 19.4 Å². The lowest BCUT2D eigenvalue weighted by Gasteiger charge is -2.17. The fourth-order valence-corrected chi connectivity index (χ4v) is 2.10. The largest absolute Gasteiger partial charge is 0.345 e. The van der Waals surface area contributed by atoms with Gasteiger partial charge in [0, 0.05) is 6.20 Å². The highest BCUT2D eigenvalue weighted by molar-refractivity contribution is 6.32. The van der Waals surface area contributed by atoms with Gasteiger partial charge in [-0.3, -0.25) is 4.79 Å². The summed E-state index contributed by atoms with van der Waals surface area (Å²) in [6, 6.07) is 13.2. The lowest BCUT2D eigenvalue weighted by Crippen LogP contribution is -2.28. The van der Waals surface area contributed by atoms with Crippen LogP contribution in [0.4, 0.5) is 0 Å². The molecule has 1 atom stereocenters. The van der Waals surface area contributed by atoms with E-state index in [0.29, 0.717) is 5.56 Å². The third-order valence-corrected chi connectivity index (χ3v) is 3.22. The lowest BCUT2D eigenvalue weighted by molar-refractivity contribution is 0.0935. The maximum atomic E-state index is 12.2. The molecule has 1 heterocycles. The molecule has 1 N–H and O–H groups in total. The van der Waals surface area contributed by atoms with Gasteiger partial charge in [0.25, 0.3) is 5.91 Å². The Bertz CT molecular complexity index is 557. The highest BCUT2D eigenvalue weighted by atomic mass is 35.5. The maximum absolute atomic E-state index is 12.2. The molecule has 4 heteroatoms. The molecular formula is C15H15ClN2O. The quantitative estimate of drug-likeness (QED) is 0.866. The standard InChI is InChI=1S/C15H15ClN2O/c1-2-13(11-7-4-3-5-8-11)18-15(19)12-9-6-10-17-14(12)16/h3-10,13H,2H2,1H3,(H,18,19). The van der Waals surface area contributed by atoms with Crippen LogP contribution >= 0.6 is 11.6 Å². The second-order valence-corrected chi connectivity index (χ2v) is 4.54. The molecule has 0 fully saturated rings. The number of halogens is 1. The fourth-order valence-electron chi connectivity index (χ4n) is 1.90. The van der Waals surface area contributed by atoms with Crippen LogP contribution in [0.5, 0.6) is 0 Å². The summed E-state index contributed by atoms with van der Waals surface area (Å²) in [5.41, 5.74) is 1.48. The van der Waals surface area contributed by atoms with Crippen LogP contribution < -0.4 is 5.32 Å². The molecule has 0 saturated carbocycles. The average molecular weight is 275 g/mol. The van der Waals surface area contributed by atoms with Gasteiger partial charge in [-0.15, -0.1) is 0 Å². The van der Waals surface area contributed by atoms with E-state index >= 15 is 0 Å². The Morgan fingerprint density at radius 2 is 2.00 bits per heavy atom. The van der Waals surface area contributed by atoms with Gasteiger partial charge in [-0.1, -0.05) is 48.9 Å². The van der Waals surface area contributed by atoms with Gasteiger partial charge < -0.3 is 5.32 Å². The number of hydrogen-bond donors (Lipinski definition) is 1. The van der Waals surface area contributed by atoms with E-state index in [1.807, 2.05) is 37.3 Å². The first-order valence-corrected chi connectivity index (χ1v) is 6.56. The van der Waals surface area contributed by atoms with E-state index in [-0.39, 0.29) is 17.1 Å². The summed E-state index contributed by atoms with van der Waals surface area (Å²) in [4.78, 5) is 16.1. The zero-order valence-corrected chi connectivity index (χ0v) is 11.4. The van der Waals surface area contributed by atoms with E-state index in [2.05, 4.69) is 10.3 Å². The number of nitrogens with zero attached hydrogens (tertiary/aromatic N) is 1. The molecule has 19 heavy (non-hydrogen) atoms. The van der Waals surface area contributed by atoms with Gasteiger partial charge in [-0.2, -0.15) is 0 Å². The molecule has 0 radical (unpaired) electrons. The topological polar surface area (TPSA) is 42.0 Å². The summed E-state index contributed by atoms with van der Waals surface area (Å²) in [6.45, 7) is 2.03. The highest BCUT2D eigenvalue weighted by Gasteiger charge is 2.16. The van der Waals surface area contributed by atoms with Crippen molar-refractivity contribution in [1.82, 2.24) is 10.3 Å². The first kappa shape index (κ1) is 13.6.